The van der Waals surface area contributed by atoms with Gasteiger partial charge in [-0.3, -0.25) is 4.68 Å². The molecule has 0 spiro atoms. The first kappa shape index (κ1) is 20.9. The lowest BCUT2D eigenvalue weighted by Crippen LogP contribution is -2.15. The first-order valence-electron chi connectivity index (χ1n) is 10.7. The molecule has 0 saturated carbocycles. The van der Waals surface area contributed by atoms with Crippen LogP contribution in [0.4, 0.5) is 13.2 Å². The first-order chi connectivity index (χ1) is 16.4. The molecule has 1 fully saturated rings. The van der Waals surface area contributed by atoms with E-state index in [-0.39, 0.29) is 17.6 Å². The molecule has 0 N–H and O–H groups in total. The molecule has 0 amide bonds. The summed E-state index contributed by atoms with van der Waals surface area (Å²) in [6.45, 7) is 1.37. The molecule has 0 radical (unpaired) electrons. The molecule has 34 heavy (non-hydrogen) atoms. The standard InChI is InChI=1S/C22H19F3N6O3/c1-32-13-4-5-16-15(8-13)18-12(9-30(28-18)10-14-3-2-6-33-14)7-17-19(26-11-31(16)17)20-27-21(34-29-20)22(23,24)25/h4-5,8-9,11,14H,2-3,6-7,10H2,1H3. The fraction of sp³-hybridized carbons (Fsp3) is 0.364. The van der Waals surface area contributed by atoms with Crippen LogP contribution in [0.5, 0.6) is 5.75 Å². The Morgan fingerprint density at radius 3 is 2.85 bits per heavy atom. The van der Waals surface area contributed by atoms with E-state index < -0.39 is 12.1 Å². The number of fused-ring (bicyclic) bond motifs is 5. The Labute approximate surface area is 191 Å². The largest absolute Gasteiger partial charge is 0.497 e. The molecule has 6 rings (SSSR count). The number of aromatic nitrogens is 6. The van der Waals surface area contributed by atoms with Gasteiger partial charge in [0.1, 0.15) is 17.8 Å². The number of rotatable bonds is 4. The average molecular weight is 472 g/mol. The van der Waals surface area contributed by atoms with Crippen molar-refractivity contribution in [1.29, 1.82) is 0 Å². The van der Waals surface area contributed by atoms with Crippen molar-refractivity contribution in [3.05, 3.63) is 47.9 Å². The lowest BCUT2D eigenvalue weighted by Gasteiger charge is -2.12. The van der Waals surface area contributed by atoms with Crippen molar-refractivity contribution in [2.75, 3.05) is 13.7 Å². The molecule has 0 bridgehead atoms. The summed E-state index contributed by atoms with van der Waals surface area (Å²) < 4.78 is 58.4. The van der Waals surface area contributed by atoms with Gasteiger partial charge in [0.15, 0.2) is 0 Å². The predicted octanol–water partition coefficient (Wildman–Crippen LogP) is 3.90. The summed E-state index contributed by atoms with van der Waals surface area (Å²) in [5.41, 5.74) is 4.12. The maximum Gasteiger partial charge on any atom is 0.471 e. The zero-order valence-electron chi connectivity index (χ0n) is 18.0. The van der Waals surface area contributed by atoms with Gasteiger partial charge in [0.25, 0.3) is 0 Å². The number of imidazole rings is 1. The highest BCUT2D eigenvalue weighted by molar-refractivity contribution is 5.77. The van der Waals surface area contributed by atoms with Gasteiger partial charge in [-0.2, -0.15) is 23.3 Å². The monoisotopic (exact) mass is 472 g/mol. The van der Waals surface area contributed by atoms with E-state index >= 15 is 0 Å². The normalized spacial score (nSPS) is 17.2. The number of alkyl halides is 3. The van der Waals surface area contributed by atoms with Crippen LogP contribution in [-0.2, 0) is 23.9 Å². The maximum absolute atomic E-state index is 13.0. The second-order valence-electron chi connectivity index (χ2n) is 8.25. The Balaban J connectivity index is 1.48. The highest BCUT2D eigenvalue weighted by Crippen LogP contribution is 2.39. The summed E-state index contributed by atoms with van der Waals surface area (Å²) in [4.78, 5) is 7.88. The molecule has 1 unspecified atom stereocenters. The van der Waals surface area contributed by atoms with Crippen molar-refractivity contribution >= 4 is 0 Å². The lowest BCUT2D eigenvalue weighted by molar-refractivity contribution is -0.159. The molecule has 1 saturated heterocycles. The van der Waals surface area contributed by atoms with E-state index in [1.807, 2.05) is 33.6 Å². The minimum Gasteiger partial charge on any atom is -0.497 e. The Morgan fingerprint density at radius 1 is 1.24 bits per heavy atom. The number of hydrogen-bond donors (Lipinski definition) is 0. The van der Waals surface area contributed by atoms with Crippen molar-refractivity contribution < 1.29 is 27.2 Å². The molecule has 2 aliphatic heterocycles. The second kappa shape index (κ2) is 7.69. The Morgan fingerprint density at radius 2 is 2.12 bits per heavy atom. The van der Waals surface area contributed by atoms with Crippen LogP contribution >= 0.6 is 0 Å². The summed E-state index contributed by atoms with van der Waals surface area (Å²) in [5, 5.41) is 8.38. The predicted molar refractivity (Wildman–Crippen MR) is 111 cm³/mol. The Hall–Kier alpha value is -3.67. The smallest absolute Gasteiger partial charge is 0.471 e. The lowest BCUT2D eigenvalue weighted by atomic mass is 10.0. The Kier molecular flexibility index (Phi) is 4.73. The zero-order chi connectivity index (χ0) is 23.4. The van der Waals surface area contributed by atoms with E-state index in [2.05, 4.69) is 19.6 Å². The molecule has 176 valence electrons. The van der Waals surface area contributed by atoms with Gasteiger partial charge in [-0.1, -0.05) is 5.16 Å². The Bertz CT molecular complexity index is 1370. The molecule has 3 aromatic heterocycles. The van der Waals surface area contributed by atoms with Crippen LogP contribution in [0.3, 0.4) is 0 Å². The van der Waals surface area contributed by atoms with Crippen molar-refractivity contribution in [2.45, 2.75) is 38.1 Å². The van der Waals surface area contributed by atoms with Crippen LogP contribution in [0, 0.1) is 0 Å². The summed E-state index contributed by atoms with van der Waals surface area (Å²) in [5.74, 6) is -0.963. The third-order valence-electron chi connectivity index (χ3n) is 6.08. The van der Waals surface area contributed by atoms with Crippen molar-refractivity contribution in [3.63, 3.8) is 0 Å². The molecule has 12 heteroatoms. The number of benzene rings is 1. The van der Waals surface area contributed by atoms with Crippen LogP contribution in [-0.4, -0.2) is 49.3 Å². The van der Waals surface area contributed by atoms with Gasteiger partial charge in [0.2, 0.25) is 5.82 Å². The van der Waals surface area contributed by atoms with Crippen LogP contribution in [0.15, 0.2) is 35.2 Å². The number of methoxy groups -OCH3 is 1. The summed E-state index contributed by atoms with van der Waals surface area (Å²) in [6.07, 6.45) is 1.24. The van der Waals surface area contributed by atoms with E-state index in [1.165, 1.54) is 0 Å². The fourth-order valence-corrected chi connectivity index (χ4v) is 4.50. The van der Waals surface area contributed by atoms with E-state index in [4.69, 9.17) is 14.6 Å². The molecule has 9 nitrogen and oxygen atoms in total. The average Bonchev–Trinajstić information content (AvgIpc) is 3.60. The van der Waals surface area contributed by atoms with Crippen molar-refractivity contribution in [1.82, 2.24) is 29.5 Å². The van der Waals surface area contributed by atoms with Crippen molar-refractivity contribution in [2.24, 2.45) is 0 Å². The minimum absolute atomic E-state index is 0.106. The maximum atomic E-state index is 13.0. The molecule has 5 heterocycles. The molecular formula is C22H19F3N6O3. The molecule has 4 aromatic rings. The summed E-state index contributed by atoms with van der Waals surface area (Å²) in [6, 6.07) is 5.57. The van der Waals surface area contributed by atoms with Gasteiger partial charge in [-0.15, -0.1) is 0 Å². The van der Waals surface area contributed by atoms with Gasteiger partial charge in [-0.25, -0.2) is 4.98 Å². The molecule has 0 aliphatic carbocycles. The highest BCUT2D eigenvalue weighted by Gasteiger charge is 2.39. The highest BCUT2D eigenvalue weighted by atomic mass is 19.4. The van der Waals surface area contributed by atoms with Gasteiger partial charge < -0.3 is 18.6 Å². The van der Waals surface area contributed by atoms with E-state index in [1.54, 1.807) is 13.4 Å². The SMILES string of the molecule is COc1ccc2c(c1)-c1nn(CC3CCCO3)cc1Cc1c(-c3noc(C(F)(F)F)n3)ncn1-2. The molecule has 1 aromatic carbocycles. The molecular weight excluding hydrogens is 453 g/mol. The van der Waals surface area contributed by atoms with Crippen LogP contribution in [0.25, 0.3) is 28.5 Å². The number of nitrogens with zero attached hydrogens (tertiary/aromatic N) is 6. The van der Waals surface area contributed by atoms with Crippen LogP contribution in [0.2, 0.25) is 0 Å². The van der Waals surface area contributed by atoms with Gasteiger partial charge in [0, 0.05) is 30.4 Å². The van der Waals surface area contributed by atoms with E-state index in [0.717, 1.165) is 42.0 Å². The topological polar surface area (TPSA) is 93.0 Å². The first-order valence-corrected chi connectivity index (χ1v) is 10.7. The fourth-order valence-electron chi connectivity index (χ4n) is 4.50. The third kappa shape index (κ3) is 3.45. The van der Waals surface area contributed by atoms with Gasteiger partial charge in [0.05, 0.1) is 36.8 Å². The summed E-state index contributed by atoms with van der Waals surface area (Å²) >= 11 is 0. The quantitative estimate of drug-likeness (QED) is 0.392. The zero-order valence-corrected chi connectivity index (χ0v) is 18.0. The minimum atomic E-state index is -4.73. The van der Waals surface area contributed by atoms with Crippen LogP contribution in [0.1, 0.15) is 30.0 Å². The molecule has 1 atom stereocenters. The van der Waals surface area contributed by atoms with Crippen LogP contribution < -0.4 is 4.74 Å². The van der Waals surface area contributed by atoms with E-state index in [0.29, 0.717) is 24.4 Å². The number of ether oxygens (including phenoxy) is 2. The number of halogens is 3. The second-order valence-corrected chi connectivity index (χ2v) is 8.25. The molecule has 2 aliphatic rings. The number of hydrogen-bond acceptors (Lipinski definition) is 7. The van der Waals surface area contributed by atoms with Gasteiger partial charge >= 0.3 is 12.1 Å². The summed E-state index contributed by atoms with van der Waals surface area (Å²) in [7, 11) is 1.59. The van der Waals surface area contributed by atoms with Gasteiger partial charge in [-0.05, 0) is 31.0 Å². The van der Waals surface area contributed by atoms with Crippen molar-refractivity contribution in [3.8, 4) is 34.2 Å². The van der Waals surface area contributed by atoms with E-state index in [9.17, 15) is 13.2 Å². The third-order valence-corrected chi connectivity index (χ3v) is 6.08.